The predicted molar refractivity (Wildman–Crippen MR) is 32.0 cm³/mol. The van der Waals surface area contributed by atoms with Gasteiger partial charge in [-0.2, -0.15) is 22.0 Å². The van der Waals surface area contributed by atoms with Gasteiger partial charge in [0.05, 0.1) is 0 Å². The zero-order valence-corrected chi connectivity index (χ0v) is 6.09. The molecule has 1 nitrogen and oxygen atoms in total. The Labute approximate surface area is 65.9 Å². The normalized spacial score (nSPS) is 26.2. The fraction of sp³-hybridized carbons (Fsp3) is 1.00. The zero-order valence-electron chi connectivity index (χ0n) is 6.09. The van der Waals surface area contributed by atoms with E-state index >= 15 is 0 Å². The summed E-state index contributed by atoms with van der Waals surface area (Å²) in [5.74, 6) is -6.14. The van der Waals surface area contributed by atoms with Crippen LogP contribution >= 0.6 is 0 Å². The van der Waals surface area contributed by atoms with Gasteiger partial charge in [0.15, 0.2) is 0 Å². The number of halogens is 5. The lowest BCUT2D eigenvalue weighted by Crippen LogP contribution is -2.44. The van der Waals surface area contributed by atoms with Crippen molar-refractivity contribution in [1.29, 1.82) is 0 Å². The molecule has 12 heavy (non-hydrogen) atoms. The SMILES string of the molecule is FC(F)(F)C(F)(F)C1CCNC1. The molecule has 72 valence electrons. The van der Waals surface area contributed by atoms with Crippen LogP contribution in [0.4, 0.5) is 22.0 Å². The number of hydrogen-bond acceptors (Lipinski definition) is 1. The smallest absolute Gasteiger partial charge is 0.316 e. The first-order chi connectivity index (χ1) is 5.36. The maximum absolute atomic E-state index is 12.5. The van der Waals surface area contributed by atoms with Crippen LogP contribution in [0.15, 0.2) is 0 Å². The van der Waals surface area contributed by atoms with E-state index < -0.39 is 18.0 Å². The van der Waals surface area contributed by atoms with Crippen molar-refractivity contribution in [1.82, 2.24) is 5.32 Å². The van der Waals surface area contributed by atoms with Gasteiger partial charge in [0.1, 0.15) is 0 Å². The van der Waals surface area contributed by atoms with Gasteiger partial charge in [0, 0.05) is 12.5 Å². The highest BCUT2D eigenvalue weighted by atomic mass is 19.4. The minimum absolute atomic E-state index is 0.119. The molecule has 1 N–H and O–H groups in total. The Bertz CT molecular complexity index is 158. The van der Waals surface area contributed by atoms with Crippen LogP contribution in [0.25, 0.3) is 0 Å². The molecular formula is C6H8F5N. The van der Waals surface area contributed by atoms with Crippen molar-refractivity contribution in [3.05, 3.63) is 0 Å². The van der Waals surface area contributed by atoms with Gasteiger partial charge in [0.25, 0.3) is 0 Å². The first kappa shape index (κ1) is 9.70. The van der Waals surface area contributed by atoms with Crippen molar-refractivity contribution >= 4 is 0 Å². The van der Waals surface area contributed by atoms with Gasteiger partial charge in [-0.05, 0) is 13.0 Å². The number of nitrogens with one attached hydrogen (secondary N) is 1. The van der Waals surface area contributed by atoms with Crippen LogP contribution in [0, 0.1) is 5.92 Å². The summed E-state index contributed by atoms with van der Waals surface area (Å²) in [5, 5.41) is 2.47. The molecule has 1 rings (SSSR count). The summed E-state index contributed by atoms with van der Waals surface area (Å²) >= 11 is 0. The highest BCUT2D eigenvalue weighted by Crippen LogP contribution is 2.43. The number of alkyl halides is 5. The molecule has 1 atom stereocenters. The van der Waals surface area contributed by atoms with Crippen molar-refractivity contribution in [3.8, 4) is 0 Å². The van der Waals surface area contributed by atoms with Gasteiger partial charge in [-0.3, -0.25) is 0 Å². The molecule has 0 saturated carbocycles. The third-order valence-electron chi connectivity index (χ3n) is 1.95. The van der Waals surface area contributed by atoms with Gasteiger partial charge in [-0.25, -0.2) is 0 Å². The van der Waals surface area contributed by atoms with Gasteiger partial charge >= 0.3 is 12.1 Å². The van der Waals surface area contributed by atoms with E-state index in [0.717, 1.165) is 0 Å². The summed E-state index contributed by atoms with van der Waals surface area (Å²) in [6, 6.07) is 0. The summed E-state index contributed by atoms with van der Waals surface area (Å²) in [5.41, 5.74) is 0. The monoisotopic (exact) mass is 189 g/mol. The Kier molecular flexibility index (Phi) is 2.29. The maximum atomic E-state index is 12.5. The molecule has 0 aromatic rings. The van der Waals surface area contributed by atoms with E-state index in [-0.39, 0.29) is 19.5 Å². The third-order valence-corrected chi connectivity index (χ3v) is 1.95. The second-order valence-electron chi connectivity index (χ2n) is 2.81. The lowest BCUT2D eigenvalue weighted by Gasteiger charge is -2.24. The third kappa shape index (κ3) is 1.53. The minimum Gasteiger partial charge on any atom is -0.316 e. The van der Waals surface area contributed by atoms with Crippen LogP contribution in [0.5, 0.6) is 0 Å². The molecule has 6 heteroatoms. The molecule has 0 amide bonds. The summed E-state index contributed by atoms with van der Waals surface area (Å²) in [7, 11) is 0. The van der Waals surface area contributed by atoms with Crippen molar-refractivity contribution in [2.75, 3.05) is 13.1 Å². The molecule has 0 bridgehead atoms. The van der Waals surface area contributed by atoms with E-state index in [4.69, 9.17) is 0 Å². The molecule has 0 radical (unpaired) electrons. The lowest BCUT2D eigenvalue weighted by atomic mass is 10.0. The largest absolute Gasteiger partial charge is 0.453 e. The van der Waals surface area contributed by atoms with E-state index in [1.807, 2.05) is 0 Å². The van der Waals surface area contributed by atoms with Crippen LogP contribution in [-0.2, 0) is 0 Å². The average molecular weight is 189 g/mol. The highest BCUT2D eigenvalue weighted by molar-refractivity contribution is 4.88. The van der Waals surface area contributed by atoms with Gasteiger partial charge in [-0.1, -0.05) is 0 Å². The molecule has 1 fully saturated rings. The molecule has 1 saturated heterocycles. The minimum atomic E-state index is -5.41. The second kappa shape index (κ2) is 2.83. The van der Waals surface area contributed by atoms with E-state index in [9.17, 15) is 22.0 Å². The second-order valence-corrected chi connectivity index (χ2v) is 2.81. The standard InChI is InChI=1S/C6H8F5N/c7-5(8,6(9,10)11)4-1-2-12-3-4/h4,12H,1-3H2. The summed E-state index contributed by atoms with van der Waals surface area (Å²) in [6.07, 6.45) is -5.53. The summed E-state index contributed by atoms with van der Waals surface area (Å²) in [6.45, 7) is -0.0250. The fourth-order valence-corrected chi connectivity index (χ4v) is 1.20. The zero-order chi connectivity index (χ0) is 9.41. The predicted octanol–water partition coefficient (Wildman–Crippen LogP) is 1.79. The molecule has 1 aliphatic heterocycles. The van der Waals surface area contributed by atoms with Crippen molar-refractivity contribution < 1.29 is 22.0 Å². The Balaban J connectivity index is 2.69. The molecule has 1 unspecified atom stereocenters. The maximum Gasteiger partial charge on any atom is 0.453 e. The van der Waals surface area contributed by atoms with Crippen LogP contribution < -0.4 is 5.32 Å². The Morgan fingerprint density at radius 1 is 1.08 bits per heavy atom. The fourth-order valence-electron chi connectivity index (χ4n) is 1.20. The number of hydrogen-bond donors (Lipinski definition) is 1. The molecule has 0 aliphatic carbocycles. The van der Waals surface area contributed by atoms with E-state index in [1.165, 1.54) is 0 Å². The molecule has 0 aromatic carbocycles. The first-order valence-electron chi connectivity index (χ1n) is 3.51. The molecule has 1 heterocycles. The molecule has 0 aromatic heterocycles. The summed E-state index contributed by atoms with van der Waals surface area (Å²) in [4.78, 5) is 0. The average Bonchev–Trinajstić information content (AvgIpc) is 2.34. The van der Waals surface area contributed by atoms with Crippen molar-refractivity contribution in [3.63, 3.8) is 0 Å². The first-order valence-corrected chi connectivity index (χ1v) is 3.51. The van der Waals surface area contributed by atoms with Crippen LogP contribution in [-0.4, -0.2) is 25.2 Å². The van der Waals surface area contributed by atoms with Gasteiger partial charge in [0.2, 0.25) is 0 Å². The van der Waals surface area contributed by atoms with Gasteiger partial charge < -0.3 is 5.32 Å². The molecule has 0 spiro atoms. The Morgan fingerprint density at radius 3 is 2.00 bits per heavy atom. The Hall–Kier alpha value is -0.390. The quantitative estimate of drug-likeness (QED) is 0.620. The molecule has 1 aliphatic rings. The lowest BCUT2D eigenvalue weighted by molar-refractivity contribution is -0.300. The number of rotatable bonds is 1. The van der Waals surface area contributed by atoms with E-state index in [2.05, 4.69) is 5.32 Å². The van der Waals surface area contributed by atoms with Crippen molar-refractivity contribution in [2.45, 2.75) is 18.5 Å². The molecular weight excluding hydrogens is 181 g/mol. The summed E-state index contributed by atoms with van der Waals surface area (Å²) < 4.78 is 60.1. The van der Waals surface area contributed by atoms with Crippen LogP contribution in [0.2, 0.25) is 0 Å². The van der Waals surface area contributed by atoms with Gasteiger partial charge in [-0.15, -0.1) is 0 Å². The Morgan fingerprint density at radius 2 is 1.67 bits per heavy atom. The van der Waals surface area contributed by atoms with E-state index in [0.29, 0.717) is 0 Å². The highest BCUT2D eigenvalue weighted by Gasteiger charge is 2.62. The van der Waals surface area contributed by atoms with E-state index in [1.54, 1.807) is 0 Å². The van der Waals surface area contributed by atoms with Crippen LogP contribution in [0.3, 0.4) is 0 Å². The van der Waals surface area contributed by atoms with Crippen molar-refractivity contribution in [2.24, 2.45) is 5.92 Å². The topological polar surface area (TPSA) is 12.0 Å². The van der Waals surface area contributed by atoms with Crippen LogP contribution in [0.1, 0.15) is 6.42 Å².